The van der Waals surface area contributed by atoms with E-state index >= 15 is 0 Å². The van der Waals surface area contributed by atoms with Crippen LogP contribution in [-0.4, -0.2) is 16.1 Å². The van der Waals surface area contributed by atoms with E-state index in [1.807, 2.05) is 24.3 Å². The quantitative estimate of drug-likeness (QED) is 0.947. The summed E-state index contributed by atoms with van der Waals surface area (Å²) in [7, 11) is 0. The molecule has 4 nitrogen and oxygen atoms in total. The number of aromatic nitrogens is 2. The molecule has 16 heavy (non-hydrogen) atoms. The molecule has 0 atom stereocenters. The Kier molecular flexibility index (Phi) is 3.63. The van der Waals surface area contributed by atoms with E-state index < -0.39 is 0 Å². The predicted octanol–water partition coefficient (Wildman–Crippen LogP) is 2.48. The first kappa shape index (κ1) is 11.2. The van der Waals surface area contributed by atoms with Crippen molar-refractivity contribution in [1.82, 2.24) is 10.2 Å². The Morgan fingerprint density at radius 1 is 1.50 bits per heavy atom. The van der Waals surface area contributed by atoms with E-state index in [-0.39, 0.29) is 5.91 Å². The van der Waals surface area contributed by atoms with Crippen molar-refractivity contribution in [3.8, 4) is 0 Å². The molecule has 0 saturated heterocycles. The number of hydrogen-bond donors (Lipinski definition) is 1. The Morgan fingerprint density at radius 3 is 3.06 bits per heavy atom. The van der Waals surface area contributed by atoms with E-state index in [1.54, 1.807) is 5.51 Å². The summed E-state index contributed by atoms with van der Waals surface area (Å²) in [5.74, 6) is -0.0881. The summed E-state index contributed by atoms with van der Waals surface area (Å²) < 4.78 is 0.966. The molecule has 1 aromatic carbocycles. The molecular formula is C10H8BrN3OS. The number of rotatable bonds is 3. The van der Waals surface area contributed by atoms with Gasteiger partial charge in [0, 0.05) is 4.47 Å². The normalized spacial score (nSPS) is 10.1. The monoisotopic (exact) mass is 297 g/mol. The van der Waals surface area contributed by atoms with Crippen LogP contribution in [0, 0.1) is 0 Å². The maximum Gasteiger partial charge on any atom is 0.230 e. The number of nitrogens with one attached hydrogen (secondary N) is 1. The third kappa shape index (κ3) is 3.11. The first-order chi connectivity index (χ1) is 7.74. The molecule has 6 heteroatoms. The lowest BCUT2D eigenvalue weighted by Crippen LogP contribution is -2.14. The highest BCUT2D eigenvalue weighted by molar-refractivity contribution is 9.10. The van der Waals surface area contributed by atoms with Crippen molar-refractivity contribution < 1.29 is 4.79 Å². The Labute approximate surface area is 105 Å². The fourth-order valence-corrected chi connectivity index (χ4v) is 2.13. The second kappa shape index (κ2) is 5.18. The zero-order valence-corrected chi connectivity index (χ0v) is 10.6. The number of carbonyl (C=O) groups is 1. The number of halogens is 1. The van der Waals surface area contributed by atoms with Crippen LogP contribution in [0.15, 0.2) is 34.2 Å². The van der Waals surface area contributed by atoms with Gasteiger partial charge in [0.2, 0.25) is 11.0 Å². The van der Waals surface area contributed by atoms with Gasteiger partial charge in [-0.25, -0.2) is 0 Å². The van der Waals surface area contributed by atoms with Crippen LogP contribution in [0.5, 0.6) is 0 Å². The van der Waals surface area contributed by atoms with Crippen molar-refractivity contribution in [1.29, 1.82) is 0 Å². The lowest BCUT2D eigenvalue weighted by Gasteiger charge is -2.01. The van der Waals surface area contributed by atoms with Crippen molar-refractivity contribution in [3.63, 3.8) is 0 Å². The van der Waals surface area contributed by atoms with E-state index in [4.69, 9.17) is 0 Å². The number of anilines is 1. The second-order valence-corrected chi connectivity index (χ2v) is 4.85. The topological polar surface area (TPSA) is 54.9 Å². The van der Waals surface area contributed by atoms with Crippen LogP contribution >= 0.6 is 27.3 Å². The van der Waals surface area contributed by atoms with Crippen LogP contribution in [0.4, 0.5) is 5.13 Å². The van der Waals surface area contributed by atoms with Gasteiger partial charge in [0.15, 0.2) is 0 Å². The molecular weight excluding hydrogens is 290 g/mol. The number of amides is 1. The minimum atomic E-state index is -0.0881. The fraction of sp³-hybridized carbons (Fsp3) is 0.100. The van der Waals surface area contributed by atoms with Crippen LogP contribution in [0.1, 0.15) is 5.56 Å². The fourth-order valence-electron chi connectivity index (χ4n) is 1.22. The molecule has 0 aliphatic carbocycles. The SMILES string of the molecule is O=C(Cc1cccc(Br)c1)Nc1nncs1. The lowest BCUT2D eigenvalue weighted by molar-refractivity contribution is -0.115. The minimum absolute atomic E-state index is 0.0881. The molecule has 1 aromatic heterocycles. The Bertz CT molecular complexity index is 487. The molecule has 1 N–H and O–H groups in total. The second-order valence-electron chi connectivity index (χ2n) is 3.10. The summed E-state index contributed by atoms with van der Waals surface area (Å²) in [6, 6.07) is 7.65. The summed E-state index contributed by atoms with van der Waals surface area (Å²) >= 11 is 4.66. The Hall–Kier alpha value is -1.27. The van der Waals surface area contributed by atoms with Crippen molar-refractivity contribution in [2.75, 3.05) is 5.32 Å². The van der Waals surface area contributed by atoms with E-state index in [0.717, 1.165) is 10.0 Å². The van der Waals surface area contributed by atoms with Crippen molar-refractivity contribution in [2.24, 2.45) is 0 Å². The molecule has 2 aromatic rings. The molecule has 0 aliphatic heterocycles. The van der Waals surface area contributed by atoms with Gasteiger partial charge in [0.1, 0.15) is 5.51 Å². The van der Waals surface area contributed by atoms with Crippen LogP contribution in [-0.2, 0) is 11.2 Å². The molecule has 1 heterocycles. The van der Waals surface area contributed by atoms with Gasteiger partial charge in [-0.15, -0.1) is 10.2 Å². The first-order valence-corrected chi connectivity index (χ1v) is 6.22. The molecule has 82 valence electrons. The number of hydrogen-bond acceptors (Lipinski definition) is 4. The van der Waals surface area contributed by atoms with Gasteiger partial charge in [0.25, 0.3) is 0 Å². The number of carbonyl (C=O) groups excluding carboxylic acids is 1. The summed E-state index contributed by atoms with van der Waals surface area (Å²) in [6.07, 6.45) is 0.332. The molecule has 0 bridgehead atoms. The molecule has 0 aliphatic rings. The highest BCUT2D eigenvalue weighted by atomic mass is 79.9. The average Bonchev–Trinajstić information content (AvgIpc) is 2.70. The van der Waals surface area contributed by atoms with E-state index in [0.29, 0.717) is 11.6 Å². The number of nitrogens with zero attached hydrogens (tertiary/aromatic N) is 2. The summed E-state index contributed by atoms with van der Waals surface area (Å²) in [4.78, 5) is 11.6. The van der Waals surface area contributed by atoms with Gasteiger partial charge in [-0.05, 0) is 17.7 Å². The molecule has 2 rings (SSSR count). The maximum atomic E-state index is 11.6. The standard InChI is InChI=1S/C10H8BrN3OS/c11-8-3-1-2-7(4-8)5-9(15)13-10-14-12-6-16-10/h1-4,6H,5H2,(H,13,14,15). The van der Waals surface area contributed by atoms with Crippen LogP contribution < -0.4 is 5.32 Å². The zero-order valence-electron chi connectivity index (χ0n) is 8.18. The van der Waals surface area contributed by atoms with Crippen LogP contribution in [0.25, 0.3) is 0 Å². The molecule has 0 unspecified atom stereocenters. The van der Waals surface area contributed by atoms with Gasteiger partial charge in [-0.1, -0.05) is 39.4 Å². The van der Waals surface area contributed by atoms with Crippen molar-refractivity contribution in [3.05, 3.63) is 39.8 Å². The van der Waals surface area contributed by atoms with Crippen molar-refractivity contribution in [2.45, 2.75) is 6.42 Å². The van der Waals surface area contributed by atoms with Crippen LogP contribution in [0.3, 0.4) is 0 Å². The first-order valence-electron chi connectivity index (χ1n) is 4.54. The minimum Gasteiger partial charge on any atom is -0.300 e. The largest absolute Gasteiger partial charge is 0.300 e. The highest BCUT2D eigenvalue weighted by Crippen LogP contribution is 2.13. The lowest BCUT2D eigenvalue weighted by atomic mass is 10.1. The molecule has 1 amide bonds. The van der Waals surface area contributed by atoms with Gasteiger partial charge >= 0.3 is 0 Å². The third-order valence-electron chi connectivity index (χ3n) is 1.86. The van der Waals surface area contributed by atoms with Crippen molar-refractivity contribution >= 4 is 38.3 Å². The molecule has 0 spiro atoms. The maximum absolute atomic E-state index is 11.6. The molecule has 0 fully saturated rings. The summed E-state index contributed by atoms with van der Waals surface area (Å²) in [6.45, 7) is 0. The van der Waals surface area contributed by atoms with E-state index in [1.165, 1.54) is 11.3 Å². The van der Waals surface area contributed by atoms with Gasteiger partial charge in [-0.2, -0.15) is 0 Å². The molecule has 0 radical (unpaired) electrons. The third-order valence-corrected chi connectivity index (χ3v) is 2.96. The zero-order chi connectivity index (χ0) is 11.4. The van der Waals surface area contributed by atoms with Crippen LogP contribution in [0.2, 0.25) is 0 Å². The number of benzene rings is 1. The summed E-state index contributed by atoms with van der Waals surface area (Å²) in [5.41, 5.74) is 2.53. The van der Waals surface area contributed by atoms with Gasteiger partial charge < -0.3 is 5.32 Å². The Balaban J connectivity index is 1.97. The van der Waals surface area contributed by atoms with E-state index in [9.17, 15) is 4.79 Å². The summed E-state index contributed by atoms with van der Waals surface area (Å²) in [5, 5.41) is 10.6. The molecule has 0 saturated carbocycles. The van der Waals surface area contributed by atoms with Gasteiger partial charge in [0.05, 0.1) is 6.42 Å². The highest BCUT2D eigenvalue weighted by Gasteiger charge is 2.05. The smallest absolute Gasteiger partial charge is 0.230 e. The average molecular weight is 298 g/mol. The van der Waals surface area contributed by atoms with Gasteiger partial charge in [-0.3, -0.25) is 4.79 Å². The Morgan fingerprint density at radius 2 is 2.38 bits per heavy atom. The van der Waals surface area contributed by atoms with E-state index in [2.05, 4.69) is 31.4 Å². The predicted molar refractivity (Wildman–Crippen MR) is 66.4 cm³/mol.